The molecule has 2 aromatic heterocycles. The van der Waals surface area contributed by atoms with Crippen molar-refractivity contribution in [1.82, 2.24) is 9.97 Å². The number of aliphatic hydroxyl groups is 1. The van der Waals surface area contributed by atoms with Gasteiger partial charge in [-0.1, -0.05) is 116 Å². The Labute approximate surface area is 306 Å². The second-order valence-electron chi connectivity index (χ2n) is 14.8. The monoisotopic (exact) mass is 836 g/mol. The minimum absolute atomic E-state index is 0. The molecule has 6 heteroatoms. The van der Waals surface area contributed by atoms with E-state index in [1.54, 1.807) is 6.33 Å². The molecule has 49 heavy (non-hydrogen) atoms. The van der Waals surface area contributed by atoms with Crippen LogP contribution in [0.3, 0.4) is 0 Å². The summed E-state index contributed by atoms with van der Waals surface area (Å²) in [6, 6.07) is 22.8. The average Bonchev–Trinajstić information content (AvgIpc) is 3.49. The third kappa shape index (κ3) is 7.47. The molecule has 0 unspecified atom stereocenters. The van der Waals surface area contributed by atoms with Crippen molar-refractivity contribution in [2.75, 3.05) is 0 Å². The number of carbonyl (C=O) groups is 1. The van der Waals surface area contributed by atoms with E-state index < -0.39 is 0 Å². The van der Waals surface area contributed by atoms with Gasteiger partial charge < -0.3 is 9.52 Å². The number of nitrogens with zero attached hydrogens (tertiary/aromatic N) is 2. The number of carbonyl (C=O) groups excluding carboxylic acids is 1. The van der Waals surface area contributed by atoms with Crippen LogP contribution in [-0.4, -0.2) is 20.9 Å². The minimum atomic E-state index is -0.337. The number of hydrogen-bond acceptors (Lipinski definition) is 5. The number of benzene rings is 3. The van der Waals surface area contributed by atoms with Gasteiger partial charge in [0.25, 0.3) is 0 Å². The van der Waals surface area contributed by atoms with E-state index in [9.17, 15) is 9.90 Å². The summed E-state index contributed by atoms with van der Waals surface area (Å²) in [7, 11) is 0. The van der Waals surface area contributed by atoms with Gasteiger partial charge in [0.15, 0.2) is 5.78 Å². The van der Waals surface area contributed by atoms with Gasteiger partial charge in [-0.2, -0.15) is 0 Å². The Hall–Kier alpha value is -3.60. The van der Waals surface area contributed by atoms with Crippen molar-refractivity contribution in [2.24, 2.45) is 10.8 Å². The first-order valence-corrected chi connectivity index (χ1v) is 17.6. The summed E-state index contributed by atoms with van der Waals surface area (Å²) in [6.07, 6.45) is 8.36. The summed E-state index contributed by atoms with van der Waals surface area (Å²) in [5.74, 6) is 1.23. The van der Waals surface area contributed by atoms with Crippen LogP contribution in [0.4, 0.5) is 0 Å². The summed E-state index contributed by atoms with van der Waals surface area (Å²) >= 11 is 0. The molecule has 0 amide bonds. The maximum Gasteiger partial charge on any atom is 0.164 e. The number of furan rings is 1. The molecule has 0 spiro atoms. The number of fused-ring (bicyclic) bond motifs is 6. The van der Waals surface area contributed by atoms with Gasteiger partial charge in [0.05, 0.1) is 5.69 Å². The van der Waals surface area contributed by atoms with Crippen molar-refractivity contribution in [1.29, 1.82) is 0 Å². The summed E-state index contributed by atoms with van der Waals surface area (Å²) in [5.41, 5.74) is 7.82. The fourth-order valence-electron chi connectivity index (χ4n) is 6.48. The van der Waals surface area contributed by atoms with Crippen molar-refractivity contribution in [3.63, 3.8) is 0 Å². The molecule has 1 aliphatic rings. The third-order valence-corrected chi connectivity index (χ3v) is 10.9. The van der Waals surface area contributed by atoms with Crippen LogP contribution < -0.4 is 0 Å². The van der Waals surface area contributed by atoms with E-state index in [0.29, 0.717) is 0 Å². The normalized spacial score (nSPS) is 13.3. The van der Waals surface area contributed by atoms with E-state index >= 15 is 0 Å². The maximum absolute atomic E-state index is 12.2. The second-order valence-corrected chi connectivity index (χ2v) is 14.8. The fourth-order valence-corrected chi connectivity index (χ4v) is 6.48. The molecule has 1 radical (unpaired) electrons. The Balaban J connectivity index is 0.000000260. The Morgan fingerprint density at radius 3 is 2.16 bits per heavy atom. The largest absolute Gasteiger partial charge is 0.512 e. The van der Waals surface area contributed by atoms with Crippen LogP contribution in [0.2, 0.25) is 0 Å². The first kappa shape index (κ1) is 38.2. The number of aromatic nitrogens is 2. The van der Waals surface area contributed by atoms with Crippen LogP contribution in [-0.2, 0) is 43.2 Å². The van der Waals surface area contributed by atoms with Crippen molar-refractivity contribution in [3.8, 4) is 22.6 Å². The quantitative estimate of drug-likeness (QED) is 0.0957. The molecule has 0 saturated carbocycles. The van der Waals surface area contributed by atoms with Crippen LogP contribution in [0.1, 0.15) is 105 Å². The third-order valence-electron chi connectivity index (χ3n) is 10.9. The Morgan fingerprint density at radius 1 is 0.878 bits per heavy atom. The van der Waals surface area contributed by atoms with Crippen molar-refractivity contribution >= 4 is 27.7 Å². The molecule has 3 aromatic carbocycles. The smallest absolute Gasteiger partial charge is 0.164 e. The standard InChI is InChI=1S/C28H23N2O.C15H28O2.Ir/c1-28(2,3)23-15-19(14-18-9-5-6-10-20(18)23)24-27-25(30-16-29-24)22-13-12-17-8-4-7-11-21(17)26(22)31-27;1-7-14(5,8-2)12(16)11-13(17)15(6,9-3)10-4;/h4-11,15-16H,12-13H2,1-3H3;11,16H,7-10H2,1-6H3;/q-1;;/b;12-11-;. The topological polar surface area (TPSA) is 76.2 Å². The summed E-state index contributed by atoms with van der Waals surface area (Å²) in [6.45, 7) is 18.8. The van der Waals surface area contributed by atoms with E-state index in [1.807, 2.05) is 41.5 Å². The number of aliphatic hydroxyl groups excluding tert-OH is 1. The number of rotatable bonds is 8. The molecule has 1 aliphatic carbocycles. The molecular formula is C43H51IrN2O3-. The molecular weight excluding hydrogens is 785 g/mol. The first-order chi connectivity index (χ1) is 22.8. The minimum Gasteiger partial charge on any atom is -0.512 e. The van der Waals surface area contributed by atoms with Crippen molar-refractivity contribution < 1.29 is 34.4 Å². The molecule has 0 saturated heterocycles. The SMILES string of the molecule is CC(C)(C)c1cc(-c2ncnc3c4c(oc23)-c2ccccc2CC4)[c-]c2ccccc12.CCC(C)(CC)C(=O)/C=C(\O)C(C)(CC)CC.[Ir]. The van der Waals surface area contributed by atoms with Gasteiger partial charge in [-0.3, -0.25) is 9.78 Å². The summed E-state index contributed by atoms with van der Waals surface area (Å²) < 4.78 is 6.50. The van der Waals surface area contributed by atoms with E-state index in [2.05, 4.69) is 91.4 Å². The van der Waals surface area contributed by atoms with E-state index in [4.69, 9.17) is 4.42 Å². The molecule has 0 aliphatic heterocycles. The summed E-state index contributed by atoms with van der Waals surface area (Å²) in [4.78, 5) is 21.5. The molecule has 1 N–H and O–H groups in total. The predicted octanol–water partition coefficient (Wildman–Crippen LogP) is 11.6. The number of allylic oxidation sites excluding steroid dienone is 2. The van der Waals surface area contributed by atoms with Crippen LogP contribution >= 0.6 is 0 Å². The zero-order chi connectivity index (χ0) is 34.9. The van der Waals surface area contributed by atoms with E-state index in [0.717, 1.165) is 72.0 Å². The van der Waals surface area contributed by atoms with Gasteiger partial charge in [0.1, 0.15) is 28.9 Å². The van der Waals surface area contributed by atoms with Gasteiger partial charge in [-0.15, -0.1) is 29.1 Å². The van der Waals surface area contributed by atoms with Gasteiger partial charge in [-0.05, 0) is 49.5 Å². The first-order valence-electron chi connectivity index (χ1n) is 17.6. The predicted molar refractivity (Wildman–Crippen MR) is 198 cm³/mol. The molecule has 6 rings (SSSR count). The number of hydrogen-bond donors (Lipinski definition) is 1. The second kappa shape index (κ2) is 15.1. The zero-order valence-electron chi connectivity index (χ0n) is 30.6. The molecule has 0 fully saturated rings. The molecule has 5 nitrogen and oxygen atoms in total. The fraction of sp³-hybridized carbons (Fsp3) is 0.419. The van der Waals surface area contributed by atoms with Crippen LogP contribution in [0.5, 0.6) is 0 Å². The zero-order valence-corrected chi connectivity index (χ0v) is 33.0. The van der Waals surface area contributed by atoms with Gasteiger partial charge in [0.2, 0.25) is 0 Å². The number of aryl methyl sites for hydroxylation is 2. The molecule has 0 atom stereocenters. The Morgan fingerprint density at radius 2 is 1.51 bits per heavy atom. The van der Waals surface area contributed by atoms with E-state index in [1.165, 1.54) is 33.7 Å². The van der Waals surface area contributed by atoms with Crippen LogP contribution in [0.25, 0.3) is 44.5 Å². The molecule has 2 heterocycles. The molecule has 261 valence electrons. The van der Waals surface area contributed by atoms with Crippen molar-refractivity contribution in [2.45, 2.75) is 106 Å². The van der Waals surface area contributed by atoms with Crippen molar-refractivity contribution in [3.05, 3.63) is 95.5 Å². The van der Waals surface area contributed by atoms with Gasteiger partial charge >= 0.3 is 0 Å². The molecule has 0 bridgehead atoms. The van der Waals surface area contributed by atoms with Gasteiger partial charge in [0, 0.05) is 48.1 Å². The van der Waals surface area contributed by atoms with E-state index in [-0.39, 0.29) is 47.9 Å². The summed E-state index contributed by atoms with van der Waals surface area (Å²) in [5, 5.41) is 12.5. The Bertz CT molecular complexity index is 1970. The van der Waals surface area contributed by atoms with Crippen LogP contribution in [0.15, 0.2) is 77.2 Å². The maximum atomic E-state index is 12.2. The van der Waals surface area contributed by atoms with Gasteiger partial charge in [-0.25, -0.2) is 4.98 Å². The number of ketones is 1. The Kier molecular flexibility index (Phi) is 11.8. The average molecular weight is 836 g/mol. The molecule has 5 aromatic rings. The van der Waals surface area contributed by atoms with Crippen LogP contribution in [0, 0.1) is 16.9 Å².